The summed E-state index contributed by atoms with van der Waals surface area (Å²) in [5.74, 6) is 1.93. The Morgan fingerprint density at radius 1 is 1.40 bits per heavy atom. The van der Waals surface area contributed by atoms with Gasteiger partial charge in [-0.05, 0) is 56.9 Å². The molecule has 0 aliphatic carbocycles. The highest BCUT2D eigenvalue weighted by atomic mass is 16.3. The largest absolute Gasteiger partial charge is 0.468 e. The van der Waals surface area contributed by atoms with Gasteiger partial charge in [0, 0.05) is 0 Å². The number of piperidine rings is 1. The minimum Gasteiger partial charge on any atom is -0.468 e. The zero-order chi connectivity index (χ0) is 10.5. The zero-order valence-corrected chi connectivity index (χ0v) is 9.19. The van der Waals surface area contributed by atoms with E-state index in [2.05, 4.69) is 4.90 Å². The normalized spacial score (nSPS) is 19.5. The van der Waals surface area contributed by atoms with Gasteiger partial charge in [-0.1, -0.05) is 0 Å². The van der Waals surface area contributed by atoms with Crippen LogP contribution in [0.2, 0.25) is 0 Å². The van der Waals surface area contributed by atoms with Gasteiger partial charge in [-0.2, -0.15) is 0 Å². The molecule has 3 nitrogen and oxygen atoms in total. The van der Waals surface area contributed by atoms with Crippen molar-refractivity contribution < 1.29 is 4.42 Å². The number of nitrogens with two attached hydrogens (primary N) is 1. The molecule has 0 saturated carbocycles. The van der Waals surface area contributed by atoms with Crippen LogP contribution in [0.5, 0.6) is 0 Å². The zero-order valence-electron chi connectivity index (χ0n) is 9.19. The summed E-state index contributed by atoms with van der Waals surface area (Å²) in [6.07, 6.45) is 5.51. The van der Waals surface area contributed by atoms with Gasteiger partial charge in [0.25, 0.3) is 0 Å². The van der Waals surface area contributed by atoms with Crippen molar-refractivity contribution in [1.82, 2.24) is 4.90 Å². The Bertz CT molecular complexity index is 263. The van der Waals surface area contributed by atoms with E-state index in [4.69, 9.17) is 10.2 Å². The summed E-state index contributed by atoms with van der Waals surface area (Å²) in [4.78, 5) is 2.46. The fourth-order valence-electron chi connectivity index (χ4n) is 2.29. The van der Waals surface area contributed by atoms with E-state index in [0.717, 1.165) is 24.8 Å². The second kappa shape index (κ2) is 5.33. The average molecular weight is 208 g/mol. The minimum atomic E-state index is 0.836. The molecule has 0 aromatic carbocycles. The fraction of sp³-hybridized carbons (Fsp3) is 0.667. The second-order valence-electron chi connectivity index (χ2n) is 4.38. The first-order chi connectivity index (χ1) is 7.38. The first-order valence-corrected chi connectivity index (χ1v) is 5.83. The third-order valence-electron chi connectivity index (χ3n) is 3.24. The molecular formula is C12H20N2O. The predicted molar refractivity (Wildman–Crippen MR) is 60.4 cm³/mol. The fourth-order valence-corrected chi connectivity index (χ4v) is 2.29. The molecule has 0 unspecified atom stereocenters. The summed E-state index contributed by atoms with van der Waals surface area (Å²) in [5, 5.41) is 0. The summed E-state index contributed by atoms with van der Waals surface area (Å²) < 4.78 is 5.35. The molecule has 2 heterocycles. The van der Waals surface area contributed by atoms with Crippen molar-refractivity contribution in [2.24, 2.45) is 11.7 Å². The van der Waals surface area contributed by atoms with Gasteiger partial charge in [-0.3, -0.25) is 4.90 Å². The van der Waals surface area contributed by atoms with Crippen LogP contribution < -0.4 is 5.73 Å². The number of hydrogen-bond donors (Lipinski definition) is 1. The van der Waals surface area contributed by atoms with Gasteiger partial charge in [0.05, 0.1) is 12.8 Å². The van der Waals surface area contributed by atoms with Crippen LogP contribution in [-0.2, 0) is 6.54 Å². The molecule has 0 radical (unpaired) electrons. The van der Waals surface area contributed by atoms with E-state index in [1.165, 1.54) is 32.4 Å². The number of hydrogen-bond acceptors (Lipinski definition) is 3. The van der Waals surface area contributed by atoms with Gasteiger partial charge in [-0.15, -0.1) is 0 Å². The molecule has 1 fully saturated rings. The molecule has 0 amide bonds. The van der Waals surface area contributed by atoms with Crippen molar-refractivity contribution in [2.75, 3.05) is 19.6 Å². The highest BCUT2D eigenvalue weighted by molar-refractivity contribution is 4.98. The predicted octanol–water partition coefficient (Wildman–Crippen LogP) is 1.84. The van der Waals surface area contributed by atoms with Crippen LogP contribution in [0.3, 0.4) is 0 Å². The standard InChI is InChI=1S/C12H20N2O/c13-6-3-11-4-7-14(8-5-11)10-12-2-1-9-15-12/h1-2,9,11H,3-8,10,13H2. The first kappa shape index (κ1) is 10.7. The molecule has 0 bridgehead atoms. The van der Waals surface area contributed by atoms with Gasteiger partial charge in [0.1, 0.15) is 5.76 Å². The smallest absolute Gasteiger partial charge is 0.117 e. The molecule has 1 aliphatic rings. The van der Waals surface area contributed by atoms with Gasteiger partial charge in [0.15, 0.2) is 0 Å². The van der Waals surface area contributed by atoms with Crippen molar-refractivity contribution in [1.29, 1.82) is 0 Å². The van der Waals surface area contributed by atoms with Gasteiger partial charge < -0.3 is 10.2 Å². The highest BCUT2D eigenvalue weighted by Gasteiger charge is 2.18. The van der Waals surface area contributed by atoms with Crippen LogP contribution in [0.4, 0.5) is 0 Å². The first-order valence-electron chi connectivity index (χ1n) is 5.83. The SMILES string of the molecule is NCCC1CCN(Cc2ccco2)CC1. The van der Waals surface area contributed by atoms with E-state index in [1.807, 2.05) is 12.1 Å². The number of nitrogens with zero attached hydrogens (tertiary/aromatic N) is 1. The van der Waals surface area contributed by atoms with Crippen LogP contribution in [0.1, 0.15) is 25.0 Å². The molecule has 0 atom stereocenters. The maximum Gasteiger partial charge on any atom is 0.117 e. The molecular weight excluding hydrogens is 188 g/mol. The van der Waals surface area contributed by atoms with E-state index in [9.17, 15) is 0 Å². The van der Waals surface area contributed by atoms with Crippen LogP contribution in [0.25, 0.3) is 0 Å². The molecule has 2 rings (SSSR count). The molecule has 1 aromatic rings. The lowest BCUT2D eigenvalue weighted by molar-refractivity contribution is 0.163. The van der Waals surface area contributed by atoms with Crippen molar-refractivity contribution in [3.05, 3.63) is 24.2 Å². The quantitative estimate of drug-likeness (QED) is 0.821. The summed E-state index contributed by atoms with van der Waals surface area (Å²) in [6, 6.07) is 4.00. The van der Waals surface area contributed by atoms with Crippen molar-refractivity contribution in [3.8, 4) is 0 Å². The number of likely N-dealkylation sites (tertiary alicyclic amines) is 1. The molecule has 84 valence electrons. The van der Waals surface area contributed by atoms with Crippen molar-refractivity contribution >= 4 is 0 Å². The van der Waals surface area contributed by atoms with E-state index in [1.54, 1.807) is 6.26 Å². The Kier molecular flexibility index (Phi) is 3.80. The summed E-state index contributed by atoms with van der Waals surface area (Å²) in [6.45, 7) is 4.17. The molecule has 0 spiro atoms. The van der Waals surface area contributed by atoms with Gasteiger partial charge >= 0.3 is 0 Å². The topological polar surface area (TPSA) is 42.4 Å². The minimum absolute atomic E-state index is 0.836. The Hall–Kier alpha value is -0.800. The van der Waals surface area contributed by atoms with Crippen LogP contribution >= 0.6 is 0 Å². The molecule has 1 aromatic heterocycles. The Labute approximate surface area is 91.2 Å². The maximum atomic E-state index is 5.58. The Morgan fingerprint density at radius 3 is 2.80 bits per heavy atom. The van der Waals surface area contributed by atoms with Gasteiger partial charge in [-0.25, -0.2) is 0 Å². The third kappa shape index (κ3) is 3.08. The highest BCUT2D eigenvalue weighted by Crippen LogP contribution is 2.21. The lowest BCUT2D eigenvalue weighted by atomic mass is 9.93. The van der Waals surface area contributed by atoms with E-state index in [-0.39, 0.29) is 0 Å². The van der Waals surface area contributed by atoms with E-state index >= 15 is 0 Å². The van der Waals surface area contributed by atoms with Crippen LogP contribution in [-0.4, -0.2) is 24.5 Å². The molecule has 3 heteroatoms. The summed E-state index contributed by atoms with van der Waals surface area (Å²) >= 11 is 0. The second-order valence-corrected chi connectivity index (χ2v) is 4.38. The van der Waals surface area contributed by atoms with E-state index < -0.39 is 0 Å². The lowest BCUT2D eigenvalue weighted by Gasteiger charge is -2.31. The molecule has 1 saturated heterocycles. The third-order valence-corrected chi connectivity index (χ3v) is 3.24. The van der Waals surface area contributed by atoms with Crippen LogP contribution in [0, 0.1) is 5.92 Å². The Balaban J connectivity index is 1.74. The lowest BCUT2D eigenvalue weighted by Crippen LogP contribution is -2.33. The van der Waals surface area contributed by atoms with Gasteiger partial charge in [0.2, 0.25) is 0 Å². The summed E-state index contributed by atoms with van der Waals surface area (Å²) in [7, 11) is 0. The Morgan fingerprint density at radius 2 is 2.20 bits per heavy atom. The van der Waals surface area contributed by atoms with E-state index in [0.29, 0.717) is 0 Å². The number of furan rings is 1. The van der Waals surface area contributed by atoms with Crippen LogP contribution in [0.15, 0.2) is 22.8 Å². The monoisotopic (exact) mass is 208 g/mol. The summed E-state index contributed by atoms with van der Waals surface area (Å²) in [5.41, 5.74) is 5.58. The van der Waals surface area contributed by atoms with Crippen molar-refractivity contribution in [3.63, 3.8) is 0 Å². The van der Waals surface area contributed by atoms with Crippen molar-refractivity contribution in [2.45, 2.75) is 25.8 Å². The average Bonchev–Trinajstić information content (AvgIpc) is 2.74. The number of rotatable bonds is 4. The molecule has 1 aliphatic heterocycles. The molecule has 2 N–H and O–H groups in total. The molecule has 15 heavy (non-hydrogen) atoms. The maximum absolute atomic E-state index is 5.58.